The maximum absolute atomic E-state index is 12.2. The van der Waals surface area contributed by atoms with Crippen molar-refractivity contribution in [3.05, 3.63) is 42.5 Å². The van der Waals surface area contributed by atoms with Crippen LogP contribution in [0.15, 0.2) is 42.5 Å². The number of hydrogen-bond donors (Lipinski definition) is 1. The fourth-order valence-electron chi connectivity index (χ4n) is 2.69. The van der Waals surface area contributed by atoms with Gasteiger partial charge in [0.15, 0.2) is 29.6 Å². The van der Waals surface area contributed by atoms with E-state index in [-0.39, 0.29) is 6.61 Å². The van der Waals surface area contributed by atoms with Crippen LogP contribution in [0, 0.1) is 0 Å². The van der Waals surface area contributed by atoms with Crippen molar-refractivity contribution in [2.75, 3.05) is 31.7 Å². The Bertz CT molecular complexity index is 868. The summed E-state index contributed by atoms with van der Waals surface area (Å²) in [7, 11) is 0. The second kappa shape index (κ2) is 9.68. The van der Waals surface area contributed by atoms with Crippen LogP contribution in [0.5, 0.6) is 23.0 Å². The quantitative estimate of drug-likeness (QED) is 0.680. The summed E-state index contributed by atoms with van der Waals surface area (Å²) in [5, 5.41) is 2.66. The lowest BCUT2D eigenvalue weighted by atomic mass is 10.2. The number of esters is 1. The monoisotopic (exact) mass is 401 g/mol. The number of para-hydroxylation sites is 2. The van der Waals surface area contributed by atoms with E-state index < -0.39 is 24.6 Å². The number of amides is 1. The number of anilines is 1. The molecule has 0 bridgehead atoms. The maximum Gasteiger partial charge on any atom is 0.351 e. The van der Waals surface area contributed by atoms with E-state index in [1.807, 2.05) is 19.9 Å². The number of nitrogens with one attached hydrogen (secondary N) is 1. The Hall–Kier alpha value is -3.42. The summed E-state index contributed by atoms with van der Waals surface area (Å²) in [5.74, 6) is 0.986. The van der Waals surface area contributed by atoms with E-state index in [4.69, 9.17) is 23.7 Å². The minimum absolute atomic E-state index is 0.0219. The number of carbonyl (C=O) groups excluding carboxylic acids is 2. The van der Waals surface area contributed by atoms with Crippen molar-refractivity contribution in [2.24, 2.45) is 0 Å². The van der Waals surface area contributed by atoms with Crippen molar-refractivity contribution in [3.8, 4) is 23.0 Å². The summed E-state index contributed by atoms with van der Waals surface area (Å²) < 4.78 is 27.1. The molecule has 1 atom stereocenters. The highest BCUT2D eigenvalue weighted by Crippen LogP contribution is 2.32. The molecule has 1 N–H and O–H groups in total. The predicted octanol–water partition coefficient (Wildman–Crippen LogP) is 2.81. The average Bonchev–Trinajstić information content (AvgIpc) is 2.74. The number of ether oxygens (including phenoxy) is 5. The lowest BCUT2D eigenvalue weighted by Gasteiger charge is -2.24. The van der Waals surface area contributed by atoms with Gasteiger partial charge in [0.2, 0.25) is 6.10 Å². The molecule has 0 aliphatic carbocycles. The zero-order chi connectivity index (χ0) is 20.6. The van der Waals surface area contributed by atoms with Crippen molar-refractivity contribution in [3.63, 3.8) is 0 Å². The molecule has 154 valence electrons. The highest BCUT2D eigenvalue weighted by Gasteiger charge is 2.29. The van der Waals surface area contributed by atoms with Crippen LogP contribution >= 0.6 is 0 Å². The smallest absolute Gasteiger partial charge is 0.351 e. The molecule has 0 fully saturated rings. The third kappa shape index (κ3) is 5.31. The second-order valence-corrected chi connectivity index (χ2v) is 6.05. The molecule has 2 aromatic carbocycles. The molecule has 0 spiro atoms. The Kier molecular flexibility index (Phi) is 6.78. The van der Waals surface area contributed by atoms with Gasteiger partial charge in [-0.2, -0.15) is 0 Å². The standard InChI is InChI=1S/C21H23NO7/c1-3-25-16-10-9-14(11-18(16)26-4-2)22-20(23)13-28-21(24)19-12-27-15-7-5-6-8-17(15)29-19/h5-11,19H,3-4,12-13H2,1-2H3,(H,22,23)/t19-/m1/s1. The van der Waals surface area contributed by atoms with Crippen LogP contribution in [0.2, 0.25) is 0 Å². The van der Waals surface area contributed by atoms with Gasteiger partial charge in [-0.25, -0.2) is 4.79 Å². The Morgan fingerprint density at radius 3 is 2.52 bits per heavy atom. The first kappa shape index (κ1) is 20.3. The molecule has 0 unspecified atom stereocenters. The van der Waals surface area contributed by atoms with Gasteiger partial charge in [0.1, 0.15) is 6.61 Å². The van der Waals surface area contributed by atoms with Gasteiger partial charge in [0.25, 0.3) is 5.91 Å². The number of hydrogen-bond acceptors (Lipinski definition) is 7. The summed E-state index contributed by atoms with van der Waals surface area (Å²) in [6.45, 7) is 4.27. The Balaban J connectivity index is 1.52. The first-order valence-electron chi connectivity index (χ1n) is 9.35. The number of benzene rings is 2. The zero-order valence-electron chi connectivity index (χ0n) is 16.3. The molecular formula is C21H23NO7. The summed E-state index contributed by atoms with van der Waals surface area (Å²) in [4.78, 5) is 24.3. The molecule has 1 aliphatic heterocycles. The van der Waals surface area contributed by atoms with Crippen LogP contribution in [0.1, 0.15) is 13.8 Å². The van der Waals surface area contributed by atoms with Crippen molar-refractivity contribution in [1.29, 1.82) is 0 Å². The van der Waals surface area contributed by atoms with E-state index >= 15 is 0 Å². The highest BCUT2D eigenvalue weighted by molar-refractivity contribution is 5.93. The fraction of sp³-hybridized carbons (Fsp3) is 0.333. The predicted molar refractivity (Wildman–Crippen MR) is 105 cm³/mol. The van der Waals surface area contributed by atoms with Gasteiger partial charge in [-0.3, -0.25) is 4.79 Å². The van der Waals surface area contributed by atoms with E-state index in [2.05, 4.69) is 5.32 Å². The lowest BCUT2D eigenvalue weighted by molar-refractivity contribution is -0.156. The van der Waals surface area contributed by atoms with Gasteiger partial charge in [0, 0.05) is 11.8 Å². The van der Waals surface area contributed by atoms with Crippen molar-refractivity contribution in [1.82, 2.24) is 0 Å². The minimum atomic E-state index is -0.923. The largest absolute Gasteiger partial charge is 0.490 e. The lowest BCUT2D eigenvalue weighted by Crippen LogP contribution is -2.39. The molecule has 0 aromatic heterocycles. The van der Waals surface area contributed by atoms with E-state index in [0.717, 1.165) is 0 Å². The van der Waals surface area contributed by atoms with E-state index in [0.29, 0.717) is 41.9 Å². The van der Waals surface area contributed by atoms with Crippen molar-refractivity contribution < 1.29 is 33.3 Å². The topological polar surface area (TPSA) is 92.3 Å². The number of carbonyl (C=O) groups is 2. The molecule has 0 radical (unpaired) electrons. The number of fused-ring (bicyclic) bond motifs is 1. The molecule has 2 aromatic rings. The fourth-order valence-corrected chi connectivity index (χ4v) is 2.69. The molecule has 0 saturated heterocycles. The van der Waals surface area contributed by atoms with Crippen LogP contribution in [0.3, 0.4) is 0 Å². The normalized spacial score (nSPS) is 14.6. The third-order valence-corrected chi connectivity index (χ3v) is 3.94. The maximum atomic E-state index is 12.2. The van der Waals surface area contributed by atoms with Gasteiger partial charge in [-0.1, -0.05) is 12.1 Å². The Morgan fingerprint density at radius 2 is 1.76 bits per heavy atom. The molecule has 0 saturated carbocycles. The molecule has 29 heavy (non-hydrogen) atoms. The zero-order valence-corrected chi connectivity index (χ0v) is 16.3. The van der Waals surface area contributed by atoms with E-state index in [9.17, 15) is 9.59 Å². The Morgan fingerprint density at radius 1 is 1.03 bits per heavy atom. The third-order valence-electron chi connectivity index (χ3n) is 3.94. The van der Waals surface area contributed by atoms with Crippen LogP contribution < -0.4 is 24.3 Å². The first-order valence-corrected chi connectivity index (χ1v) is 9.35. The Labute approximate surface area is 168 Å². The van der Waals surface area contributed by atoms with Crippen LogP contribution in [0.25, 0.3) is 0 Å². The van der Waals surface area contributed by atoms with Gasteiger partial charge in [-0.15, -0.1) is 0 Å². The van der Waals surface area contributed by atoms with Gasteiger partial charge < -0.3 is 29.0 Å². The molecule has 8 nitrogen and oxygen atoms in total. The molecule has 1 aliphatic rings. The summed E-state index contributed by atoms with van der Waals surface area (Å²) >= 11 is 0. The van der Waals surface area contributed by atoms with Crippen LogP contribution in [0.4, 0.5) is 5.69 Å². The first-order chi connectivity index (χ1) is 14.1. The highest BCUT2D eigenvalue weighted by atomic mass is 16.6. The molecule has 1 amide bonds. The summed E-state index contributed by atoms with van der Waals surface area (Å²) in [5.41, 5.74) is 0.504. The number of rotatable bonds is 8. The average molecular weight is 401 g/mol. The van der Waals surface area contributed by atoms with Gasteiger partial charge >= 0.3 is 5.97 Å². The summed E-state index contributed by atoms with van der Waals surface area (Å²) in [6, 6.07) is 12.1. The minimum Gasteiger partial charge on any atom is -0.490 e. The van der Waals surface area contributed by atoms with Gasteiger partial charge in [-0.05, 0) is 38.1 Å². The molecular weight excluding hydrogens is 378 g/mol. The molecule has 8 heteroatoms. The second-order valence-electron chi connectivity index (χ2n) is 6.05. The van der Waals surface area contributed by atoms with E-state index in [1.54, 1.807) is 36.4 Å². The van der Waals surface area contributed by atoms with Crippen molar-refractivity contribution in [2.45, 2.75) is 20.0 Å². The molecule has 1 heterocycles. The summed E-state index contributed by atoms with van der Waals surface area (Å²) in [6.07, 6.45) is -0.923. The molecule has 3 rings (SSSR count). The van der Waals surface area contributed by atoms with Crippen molar-refractivity contribution >= 4 is 17.6 Å². The van der Waals surface area contributed by atoms with Crippen LogP contribution in [-0.2, 0) is 14.3 Å². The van der Waals surface area contributed by atoms with E-state index in [1.165, 1.54) is 0 Å². The SMILES string of the molecule is CCOc1ccc(NC(=O)COC(=O)[C@H]2COc3ccccc3O2)cc1OCC. The van der Waals surface area contributed by atoms with Crippen LogP contribution in [-0.4, -0.2) is 44.4 Å². The van der Waals surface area contributed by atoms with Gasteiger partial charge in [0.05, 0.1) is 13.2 Å².